The highest BCUT2D eigenvalue weighted by molar-refractivity contribution is 7.89. The topological polar surface area (TPSA) is 72.2 Å². The average molecular weight is 268 g/mol. The lowest BCUT2D eigenvalue weighted by molar-refractivity contribution is 0.378. The minimum absolute atomic E-state index is 0.157. The highest BCUT2D eigenvalue weighted by Gasteiger charge is 2.30. The van der Waals surface area contributed by atoms with Crippen LogP contribution in [-0.2, 0) is 10.0 Å². The van der Waals surface area contributed by atoms with Crippen molar-refractivity contribution in [1.29, 1.82) is 0 Å². The first-order chi connectivity index (χ1) is 8.26. The summed E-state index contributed by atoms with van der Waals surface area (Å²) in [5.74, 6) is 0. The van der Waals surface area contributed by atoms with E-state index in [4.69, 9.17) is 5.14 Å². The van der Waals surface area contributed by atoms with E-state index in [2.05, 4.69) is 19.2 Å². The Kier molecular flexibility index (Phi) is 3.38. The maximum Gasteiger partial charge on any atom is 0.238 e. The summed E-state index contributed by atoms with van der Waals surface area (Å²) in [6.07, 6.45) is 3.42. The molecule has 1 fully saturated rings. The molecule has 4 nitrogen and oxygen atoms in total. The summed E-state index contributed by atoms with van der Waals surface area (Å²) in [7, 11) is -3.62. The molecule has 0 amide bonds. The summed E-state index contributed by atoms with van der Waals surface area (Å²) < 4.78 is 22.6. The van der Waals surface area contributed by atoms with Gasteiger partial charge in [-0.3, -0.25) is 0 Å². The average Bonchev–Trinajstić information content (AvgIpc) is 2.57. The summed E-state index contributed by atoms with van der Waals surface area (Å²) in [4.78, 5) is 0.157. The van der Waals surface area contributed by atoms with Crippen molar-refractivity contribution in [2.75, 3.05) is 5.32 Å². The molecule has 0 heterocycles. The van der Waals surface area contributed by atoms with E-state index in [9.17, 15) is 8.42 Å². The lowest BCUT2D eigenvalue weighted by Gasteiger charge is -2.18. The molecule has 1 saturated carbocycles. The van der Waals surface area contributed by atoms with Crippen molar-refractivity contribution >= 4 is 15.7 Å². The maximum atomic E-state index is 11.3. The van der Waals surface area contributed by atoms with Gasteiger partial charge in [-0.25, -0.2) is 13.6 Å². The lowest BCUT2D eigenvalue weighted by Crippen LogP contribution is -2.18. The second kappa shape index (κ2) is 4.55. The van der Waals surface area contributed by atoms with E-state index in [1.807, 2.05) is 6.07 Å². The van der Waals surface area contributed by atoms with Crippen molar-refractivity contribution in [1.82, 2.24) is 0 Å². The van der Waals surface area contributed by atoms with Gasteiger partial charge < -0.3 is 5.32 Å². The summed E-state index contributed by atoms with van der Waals surface area (Å²) in [6.45, 7) is 4.52. The van der Waals surface area contributed by atoms with Gasteiger partial charge in [0.1, 0.15) is 0 Å². The minimum Gasteiger partial charge on any atom is -0.382 e. The van der Waals surface area contributed by atoms with Crippen LogP contribution >= 0.6 is 0 Å². The molecule has 2 rings (SSSR count). The fourth-order valence-corrected chi connectivity index (χ4v) is 3.12. The molecule has 0 aromatic heterocycles. The van der Waals surface area contributed by atoms with Crippen molar-refractivity contribution in [2.45, 2.75) is 44.0 Å². The molecule has 1 aromatic rings. The summed E-state index contributed by atoms with van der Waals surface area (Å²) in [6, 6.07) is 7.11. The molecule has 5 heteroatoms. The Morgan fingerprint density at radius 3 is 2.67 bits per heavy atom. The fraction of sp³-hybridized carbons (Fsp3) is 0.538. The van der Waals surface area contributed by atoms with Crippen LogP contribution in [-0.4, -0.2) is 14.5 Å². The van der Waals surface area contributed by atoms with Gasteiger partial charge in [0.25, 0.3) is 0 Å². The third-order valence-corrected chi connectivity index (χ3v) is 4.41. The van der Waals surface area contributed by atoms with Crippen molar-refractivity contribution in [3.8, 4) is 0 Å². The molecule has 0 spiro atoms. The Balaban J connectivity index is 2.11. The van der Waals surface area contributed by atoms with Gasteiger partial charge in [-0.2, -0.15) is 0 Å². The molecule has 3 N–H and O–H groups in total. The van der Waals surface area contributed by atoms with Crippen LogP contribution in [0.1, 0.15) is 33.1 Å². The molecule has 0 bridgehead atoms. The molecule has 100 valence electrons. The number of hydrogen-bond donors (Lipinski definition) is 2. The van der Waals surface area contributed by atoms with Crippen molar-refractivity contribution in [3.05, 3.63) is 24.3 Å². The van der Waals surface area contributed by atoms with Crippen LogP contribution < -0.4 is 10.5 Å². The van der Waals surface area contributed by atoms with Crippen LogP contribution in [0.25, 0.3) is 0 Å². The smallest absolute Gasteiger partial charge is 0.238 e. The van der Waals surface area contributed by atoms with Crippen LogP contribution in [0.4, 0.5) is 5.69 Å². The van der Waals surface area contributed by atoms with Crippen LogP contribution in [0.15, 0.2) is 29.2 Å². The lowest BCUT2D eigenvalue weighted by atomic mass is 9.92. The summed E-state index contributed by atoms with van der Waals surface area (Å²) in [5.41, 5.74) is 1.19. The van der Waals surface area contributed by atoms with Gasteiger partial charge in [0.05, 0.1) is 4.90 Å². The molecule has 0 aliphatic heterocycles. The standard InChI is InChI=1S/C13H20N2O2S/c1-13(2)7-6-11(9-13)15-10-4-3-5-12(8-10)18(14,16)17/h3-5,8,11,15H,6-7,9H2,1-2H3,(H2,14,16,17). The number of sulfonamides is 1. The van der Waals surface area contributed by atoms with E-state index in [1.54, 1.807) is 12.1 Å². The van der Waals surface area contributed by atoms with Crippen molar-refractivity contribution in [3.63, 3.8) is 0 Å². The second-order valence-electron chi connectivity index (χ2n) is 5.82. The molecule has 1 unspecified atom stereocenters. The van der Waals surface area contributed by atoms with Crippen molar-refractivity contribution < 1.29 is 8.42 Å². The van der Waals surface area contributed by atoms with Gasteiger partial charge in [-0.05, 0) is 42.9 Å². The Morgan fingerprint density at radius 2 is 2.11 bits per heavy atom. The van der Waals surface area contributed by atoms with Crippen LogP contribution in [0.5, 0.6) is 0 Å². The number of anilines is 1. The number of hydrogen-bond acceptors (Lipinski definition) is 3. The molecule has 1 atom stereocenters. The number of nitrogens with one attached hydrogen (secondary N) is 1. The third-order valence-electron chi connectivity index (χ3n) is 3.50. The number of benzene rings is 1. The molecular formula is C13H20N2O2S. The normalized spacial score (nSPS) is 22.9. The van der Waals surface area contributed by atoms with Gasteiger partial charge in [0, 0.05) is 11.7 Å². The van der Waals surface area contributed by atoms with Crippen LogP contribution in [0, 0.1) is 5.41 Å². The highest BCUT2D eigenvalue weighted by atomic mass is 32.2. The molecule has 0 saturated heterocycles. The van der Waals surface area contributed by atoms with Gasteiger partial charge >= 0.3 is 0 Å². The predicted molar refractivity (Wildman–Crippen MR) is 72.9 cm³/mol. The van der Waals surface area contributed by atoms with E-state index < -0.39 is 10.0 Å². The quantitative estimate of drug-likeness (QED) is 0.883. The zero-order chi connectivity index (χ0) is 13.4. The number of primary sulfonamides is 1. The van der Waals surface area contributed by atoms with Gasteiger partial charge in [-0.1, -0.05) is 19.9 Å². The summed E-state index contributed by atoms with van der Waals surface area (Å²) >= 11 is 0. The SMILES string of the molecule is CC1(C)CCC(Nc2cccc(S(N)(=O)=O)c2)C1. The van der Waals surface area contributed by atoms with Crippen LogP contribution in [0.2, 0.25) is 0 Å². The zero-order valence-corrected chi connectivity index (χ0v) is 11.6. The van der Waals surface area contributed by atoms with E-state index in [-0.39, 0.29) is 4.90 Å². The first-order valence-electron chi connectivity index (χ1n) is 6.16. The molecule has 1 aliphatic carbocycles. The minimum atomic E-state index is -3.62. The van der Waals surface area contributed by atoms with Gasteiger partial charge in [0.15, 0.2) is 0 Å². The number of rotatable bonds is 3. The van der Waals surface area contributed by atoms with Crippen LogP contribution in [0.3, 0.4) is 0 Å². The van der Waals surface area contributed by atoms with E-state index in [0.29, 0.717) is 11.5 Å². The largest absolute Gasteiger partial charge is 0.382 e. The zero-order valence-electron chi connectivity index (χ0n) is 10.8. The first-order valence-corrected chi connectivity index (χ1v) is 7.70. The maximum absolute atomic E-state index is 11.3. The van der Waals surface area contributed by atoms with Gasteiger partial charge in [-0.15, -0.1) is 0 Å². The third kappa shape index (κ3) is 3.23. The number of nitrogens with two attached hydrogens (primary N) is 1. The van der Waals surface area contributed by atoms with E-state index in [1.165, 1.54) is 12.5 Å². The molecular weight excluding hydrogens is 248 g/mol. The first kappa shape index (κ1) is 13.4. The Labute approximate surface area is 109 Å². The monoisotopic (exact) mass is 268 g/mol. The van der Waals surface area contributed by atoms with E-state index >= 15 is 0 Å². The summed E-state index contributed by atoms with van der Waals surface area (Å²) in [5, 5.41) is 8.51. The predicted octanol–water partition coefficient (Wildman–Crippen LogP) is 2.32. The van der Waals surface area contributed by atoms with Crippen molar-refractivity contribution in [2.24, 2.45) is 10.6 Å². The van der Waals surface area contributed by atoms with E-state index in [0.717, 1.165) is 18.5 Å². The molecule has 1 aliphatic rings. The Morgan fingerprint density at radius 1 is 1.39 bits per heavy atom. The Bertz CT molecular complexity index is 538. The highest BCUT2D eigenvalue weighted by Crippen LogP contribution is 2.38. The second-order valence-corrected chi connectivity index (χ2v) is 7.38. The van der Waals surface area contributed by atoms with Gasteiger partial charge in [0.2, 0.25) is 10.0 Å². The molecule has 1 aromatic carbocycles. The Hall–Kier alpha value is -1.07. The molecule has 18 heavy (non-hydrogen) atoms. The molecule has 0 radical (unpaired) electrons. The fourth-order valence-electron chi connectivity index (χ4n) is 2.56.